The molecule has 3 heterocycles. The van der Waals surface area contributed by atoms with Crippen molar-refractivity contribution in [3.05, 3.63) is 78.4 Å². The molecule has 1 aliphatic carbocycles. The number of hydrogen-bond acceptors (Lipinski definition) is 5. The monoisotopic (exact) mass is 629 g/mol. The number of halogens is 3. The number of carbonyl (C=O) groups is 1. The van der Waals surface area contributed by atoms with Crippen molar-refractivity contribution in [2.24, 2.45) is 7.05 Å². The van der Waals surface area contributed by atoms with Crippen LogP contribution < -0.4 is 21.3 Å². The number of carbonyl (C=O) groups excluding carboxylic acids is 1. The second-order valence-electron chi connectivity index (χ2n) is 9.55. The van der Waals surface area contributed by atoms with Crippen LogP contribution in [-0.4, -0.2) is 26.8 Å². The van der Waals surface area contributed by atoms with Crippen molar-refractivity contribution in [2.45, 2.75) is 31.7 Å². The van der Waals surface area contributed by atoms with Crippen LogP contribution in [0.2, 0.25) is 0 Å². The van der Waals surface area contributed by atoms with Crippen LogP contribution >= 0.6 is 22.6 Å². The predicted octanol–water partition coefficient (Wildman–Crippen LogP) is 4.85. The van der Waals surface area contributed by atoms with E-state index in [0.717, 1.165) is 23.8 Å². The summed E-state index contributed by atoms with van der Waals surface area (Å²) in [5.74, 6) is -1.82. The number of aryl methyl sites for hydroxylation is 1. The maximum Gasteiger partial charge on any atom is 0.289 e. The lowest BCUT2D eigenvalue weighted by molar-refractivity contribution is -0.117. The zero-order valence-electron chi connectivity index (χ0n) is 20.3. The zero-order valence-corrected chi connectivity index (χ0v) is 22.5. The molecule has 2 aromatic carbocycles. The van der Waals surface area contributed by atoms with Gasteiger partial charge in [-0.1, -0.05) is 12.1 Å². The van der Waals surface area contributed by atoms with Gasteiger partial charge in [0, 0.05) is 34.8 Å². The Kier molecular flexibility index (Phi) is 6.04. The largest absolute Gasteiger partial charge is 0.350 e. The Bertz CT molecular complexity index is 1760. The molecule has 1 amide bonds. The Labute approximate surface area is 229 Å². The molecule has 1 saturated carbocycles. The molecular formula is C27H22F2IN5O3. The van der Waals surface area contributed by atoms with Crippen LogP contribution in [0.25, 0.3) is 22.2 Å². The van der Waals surface area contributed by atoms with E-state index in [4.69, 9.17) is 0 Å². The average Bonchev–Trinajstić information content (AvgIpc) is 3.66. The molecule has 1 aliphatic heterocycles. The van der Waals surface area contributed by atoms with E-state index in [1.807, 2.05) is 28.7 Å². The van der Waals surface area contributed by atoms with E-state index >= 15 is 4.39 Å². The Morgan fingerprint density at radius 1 is 1.05 bits per heavy atom. The topological polar surface area (TPSA) is 89.2 Å². The van der Waals surface area contributed by atoms with E-state index in [0.29, 0.717) is 33.5 Å². The number of amides is 1. The molecule has 0 atom stereocenters. The van der Waals surface area contributed by atoms with Gasteiger partial charge in [-0.25, -0.2) is 9.07 Å². The van der Waals surface area contributed by atoms with Gasteiger partial charge in [-0.15, -0.1) is 0 Å². The minimum Gasteiger partial charge on any atom is -0.350 e. The maximum atomic E-state index is 15.5. The maximum absolute atomic E-state index is 15.5. The van der Waals surface area contributed by atoms with Gasteiger partial charge in [-0.3, -0.25) is 14.4 Å². The molecule has 2 aliphatic rings. The third kappa shape index (κ3) is 4.08. The average molecular weight is 629 g/mol. The molecular weight excluding hydrogens is 607 g/mol. The minimum absolute atomic E-state index is 0.0171. The molecule has 4 aromatic rings. The van der Waals surface area contributed by atoms with E-state index in [9.17, 15) is 18.8 Å². The second kappa shape index (κ2) is 9.29. The Hall–Kier alpha value is -3.61. The molecule has 38 heavy (non-hydrogen) atoms. The number of aromatic nitrogens is 3. The van der Waals surface area contributed by atoms with Gasteiger partial charge >= 0.3 is 0 Å². The lowest BCUT2D eigenvalue weighted by atomic mass is 10.1. The normalized spacial score (nSPS) is 15.5. The highest BCUT2D eigenvalue weighted by atomic mass is 127. The molecule has 0 bridgehead atoms. The van der Waals surface area contributed by atoms with Crippen LogP contribution in [0.3, 0.4) is 0 Å². The lowest BCUT2D eigenvalue weighted by Crippen LogP contribution is -2.30. The van der Waals surface area contributed by atoms with Gasteiger partial charge < -0.3 is 14.8 Å². The minimum atomic E-state index is -1.19. The summed E-state index contributed by atoms with van der Waals surface area (Å²) >= 11 is 1.95. The van der Waals surface area contributed by atoms with Gasteiger partial charge in [0.05, 0.1) is 28.3 Å². The molecule has 194 valence electrons. The van der Waals surface area contributed by atoms with Crippen molar-refractivity contribution in [2.75, 3.05) is 16.8 Å². The fraction of sp³-hybridized carbons (Fsp3) is 0.259. The lowest BCUT2D eigenvalue weighted by Gasteiger charge is -2.19. The van der Waals surface area contributed by atoms with Crippen molar-refractivity contribution < 1.29 is 13.6 Å². The van der Waals surface area contributed by atoms with Crippen LogP contribution in [-0.2, 0) is 11.8 Å². The molecule has 11 heteroatoms. The van der Waals surface area contributed by atoms with E-state index < -0.39 is 28.4 Å². The van der Waals surface area contributed by atoms with E-state index in [-0.39, 0.29) is 28.5 Å². The smallest absolute Gasteiger partial charge is 0.289 e. The molecule has 0 radical (unpaired) electrons. The first-order valence-electron chi connectivity index (χ1n) is 12.2. The van der Waals surface area contributed by atoms with Gasteiger partial charge in [0.1, 0.15) is 11.5 Å². The number of benzene rings is 2. The summed E-state index contributed by atoms with van der Waals surface area (Å²) in [6, 6.07) is 11.3. The SMILES string of the molecule is Cn1c(=O)c(F)c(Nc2ccc(I)cc2F)c2c(=O)n(C3CC3)nc(-c3cccc(N4CCCC4=O)c3)c21. The first kappa shape index (κ1) is 24.7. The summed E-state index contributed by atoms with van der Waals surface area (Å²) in [7, 11) is 1.38. The van der Waals surface area contributed by atoms with Crippen LogP contribution in [0.15, 0.2) is 52.1 Å². The van der Waals surface area contributed by atoms with Crippen molar-refractivity contribution in [1.82, 2.24) is 14.3 Å². The van der Waals surface area contributed by atoms with Crippen molar-refractivity contribution >= 4 is 56.5 Å². The van der Waals surface area contributed by atoms with Gasteiger partial charge in [0.2, 0.25) is 11.7 Å². The Balaban J connectivity index is 1.64. The van der Waals surface area contributed by atoms with Crippen LogP contribution in [0, 0.1) is 15.2 Å². The van der Waals surface area contributed by atoms with E-state index in [1.165, 1.54) is 23.9 Å². The summed E-state index contributed by atoms with van der Waals surface area (Å²) < 4.78 is 33.3. The summed E-state index contributed by atoms with van der Waals surface area (Å²) in [5, 5.41) is 7.23. The Morgan fingerprint density at radius 2 is 1.84 bits per heavy atom. The number of anilines is 3. The number of fused-ring (bicyclic) bond motifs is 1. The highest BCUT2D eigenvalue weighted by Crippen LogP contribution is 2.37. The van der Waals surface area contributed by atoms with Gasteiger partial charge in [-0.2, -0.15) is 9.49 Å². The summed E-state index contributed by atoms with van der Waals surface area (Å²) in [4.78, 5) is 40.8. The molecule has 1 saturated heterocycles. The Morgan fingerprint density at radius 3 is 2.53 bits per heavy atom. The molecule has 6 rings (SSSR count). The number of rotatable bonds is 5. The van der Waals surface area contributed by atoms with Crippen LogP contribution in [0.5, 0.6) is 0 Å². The molecule has 2 aromatic heterocycles. The molecule has 0 unspecified atom stereocenters. The number of nitrogens with zero attached hydrogens (tertiary/aromatic N) is 4. The number of pyridine rings is 1. The van der Waals surface area contributed by atoms with Gasteiger partial charge in [0.25, 0.3) is 11.1 Å². The van der Waals surface area contributed by atoms with Crippen molar-refractivity contribution in [3.8, 4) is 11.3 Å². The number of hydrogen-bond donors (Lipinski definition) is 1. The van der Waals surface area contributed by atoms with E-state index in [2.05, 4.69) is 10.4 Å². The van der Waals surface area contributed by atoms with Crippen LogP contribution in [0.1, 0.15) is 31.7 Å². The standard InChI is InChI=1S/C27H22F2IN5O3/c1-33-25-21(24(22(29)27(33)38)31-19-10-7-15(30)13-18(19)28)26(37)35(16-8-9-16)32-23(25)14-4-2-5-17(12-14)34-11-3-6-20(34)36/h2,4-5,7,10,12-13,16,31H,3,6,8-9,11H2,1H3. The third-order valence-corrected chi connectivity index (χ3v) is 7.65. The highest BCUT2D eigenvalue weighted by molar-refractivity contribution is 14.1. The van der Waals surface area contributed by atoms with Gasteiger partial charge in [-0.05, 0) is 72.2 Å². The number of nitrogens with one attached hydrogen (secondary N) is 1. The van der Waals surface area contributed by atoms with Crippen molar-refractivity contribution in [3.63, 3.8) is 0 Å². The van der Waals surface area contributed by atoms with E-state index in [1.54, 1.807) is 29.2 Å². The summed E-state index contributed by atoms with van der Waals surface area (Å²) in [6.45, 7) is 0.595. The summed E-state index contributed by atoms with van der Waals surface area (Å²) in [6.07, 6.45) is 2.70. The predicted molar refractivity (Wildman–Crippen MR) is 149 cm³/mol. The van der Waals surface area contributed by atoms with Crippen LogP contribution in [0.4, 0.5) is 25.8 Å². The fourth-order valence-electron chi connectivity index (χ4n) is 4.90. The van der Waals surface area contributed by atoms with Gasteiger partial charge in [0.15, 0.2) is 0 Å². The summed E-state index contributed by atoms with van der Waals surface area (Å²) in [5.41, 5.74) is -0.350. The molecule has 1 N–H and O–H groups in total. The quantitative estimate of drug-likeness (QED) is 0.319. The highest BCUT2D eigenvalue weighted by Gasteiger charge is 2.31. The molecule has 0 spiro atoms. The zero-order chi connectivity index (χ0) is 26.7. The molecule has 8 nitrogen and oxygen atoms in total. The van der Waals surface area contributed by atoms with Crippen molar-refractivity contribution in [1.29, 1.82) is 0 Å². The second-order valence-corrected chi connectivity index (χ2v) is 10.8. The fourth-order valence-corrected chi connectivity index (χ4v) is 5.35. The third-order valence-electron chi connectivity index (χ3n) is 6.98. The first-order valence-corrected chi connectivity index (χ1v) is 13.3. The molecule has 2 fully saturated rings. The first-order chi connectivity index (χ1) is 18.2.